The molecule has 0 saturated carbocycles. The number of likely N-dealkylation sites (tertiary alicyclic amines) is 1. The van der Waals surface area contributed by atoms with Crippen molar-refractivity contribution in [3.8, 4) is 0 Å². The minimum Gasteiger partial charge on any atom is -0.379 e. The van der Waals surface area contributed by atoms with Crippen LogP contribution in [0.3, 0.4) is 0 Å². The smallest absolute Gasteiger partial charge is 0.274 e. The highest BCUT2D eigenvalue weighted by Crippen LogP contribution is 2.11. The summed E-state index contributed by atoms with van der Waals surface area (Å²) in [4.78, 5) is 40.1. The number of ether oxygens (including phenoxy) is 1. The normalized spacial score (nSPS) is 17.9. The van der Waals surface area contributed by atoms with Crippen molar-refractivity contribution in [2.24, 2.45) is 0 Å². The van der Waals surface area contributed by atoms with E-state index in [-0.39, 0.29) is 11.8 Å². The van der Waals surface area contributed by atoms with Gasteiger partial charge in [0.05, 0.1) is 25.1 Å². The second-order valence-corrected chi connectivity index (χ2v) is 7.83. The van der Waals surface area contributed by atoms with Crippen LogP contribution in [0.5, 0.6) is 0 Å². The highest BCUT2D eigenvalue weighted by atomic mass is 16.5. The number of piperidine rings is 1. The molecule has 0 bridgehead atoms. The Morgan fingerprint density at radius 3 is 2.48 bits per heavy atom. The summed E-state index contributed by atoms with van der Waals surface area (Å²) in [6.07, 6.45) is 7.71. The molecule has 8 heteroatoms. The molecule has 160 valence electrons. The maximum absolute atomic E-state index is 13.0. The molecule has 2 aliphatic rings. The minimum absolute atomic E-state index is 0.144. The summed E-state index contributed by atoms with van der Waals surface area (Å²) in [6.45, 7) is 8.89. The fourth-order valence-corrected chi connectivity index (χ4v) is 3.82. The van der Waals surface area contributed by atoms with Crippen LogP contribution in [0.15, 0.2) is 12.4 Å². The summed E-state index contributed by atoms with van der Waals surface area (Å²) >= 11 is 0. The first kappa shape index (κ1) is 21.6. The van der Waals surface area contributed by atoms with E-state index in [0.29, 0.717) is 25.2 Å². The van der Waals surface area contributed by atoms with Gasteiger partial charge in [-0.3, -0.25) is 19.5 Å². The lowest BCUT2D eigenvalue weighted by atomic mass is 10.1. The molecule has 2 aliphatic heterocycles. The Hall–Kier alpha value is -2.06. The number of hydrogen-bond donors (Lipinski definition) is 0. The zero-order chi connectivity index (χ0) is 20.5. The molecule has 3 heterocycles. The molecule has 0 aromatic carbocycles. The Morgan fingerprint density at radius 1 is 1.03 bits per heavy atom. The predicted molar refractivity (Wildman–Crippen MR) is 110 cm³/mol. The number of nitrogens with zero attached hydrogens (tertiary/aromatic N) is 5. The van der Waals surface area contributed by atoms with Crippen molar-refractivity contribution in [3.05, 3.63) is 23.8 Å². The lowest BCUT2D eigenvalue weighted by Gasteiger charge is -2.30. The van der Waals surface area contributed by atoms with Crippen molar-refractivity contribution in [2.75, 3.05) is 59.0 Å². The maximum atomic E-state index is 13.0. The summed E-state index contributed by atoms with van der Waals surface area (Å²) < 4.78 is 5.39. The Kier molecular flexibility index (Phi) is 8.37. The van der Waals surface area contributed by atoms with Crippen LogP contribution >= 0.6 is 0 Å². The lowest BCUT2D eigenvalue weighted by Crippen LogP contribution is -2.41. The number of amides is 2. The van der Waals surface area contributed by atoms with Crippen LogP contribution in [-0.4, -0.2) is 95.5 Å². The lowest BCUT2D eigenvalue weighted by molar-refractivity contribution is -0.132. The fourth-order valence-electron chi connectivity index (χ4n) is 3.82. The summed E-state index contributed by atoms with van der Waals surface area (Å²) in [5, 5.41) is 0. The van der Waals surface area contributed by atoms with Gasteiger partial charge in [0, 0.05) is 58.4 Å². The SMILES string of the molecule is Cc1cnc(C(=O)N(CCCN2CCOCC2)CCC(=O)N2CCCCC2)cn1. The van der Waals surface area contributed by atoms with Gasteiger partial charge in [0.25, 0.3) is 5.91 Å². The first-order valence-electron chi connectivity index (χ1n) is 10.8. The second kappa shape index (κ2) is 11.2. The number of carbonyl (C=O) groups is 2. The molecule has 8 nitrogen and oxygen atoms in total. The molecule has 0 unspecified atom stereocenters. The van der Waals surface area contributed by atoms with Crippen molar-refractivity contribution >= 4 is 11.8 Å². The standard InChI is InChI=1S/C21H33N5O3/c1-18-16-23-19(17-22-18)21(28)26(10-5-7-24-12-14-29-15-13-24)11-6-20(27)25-8-3-2-4-9-25/h16-17H,2-15H2,1H3. The van der Waals surface area contributed by atoms with E-state index < -0.39 is 0 Å². The third-order valence-corrected chi connectivity index (χ3v) is 5.60. The Morgan fingerprint density at radius 2 is 1.79 bits per heavy atom. The van der Waals surface area contributed by atoms with Crippen LogP contribution < -0.4 is 0 Å². The van der Waals surface area contributed by atoms with E-state index >= 15 is 0 Å². The third-order valence-electron chi connectivity index (χ3n) is 5.60. The molecule has 2 amide bonds. The van der Waals surface area contributed by atoms with Crippen molar-refractivity contribution in [3.63, 3.8) is 0 Å². The average molecular weight is 404 g/mol. The van der Waals surface area contributed by atoms with Gasteiger partial charge in [-0.15, -0.1) is 0 Å². The van der Waals surface area contributed by atoms with Crippen LogP contribution in [0.1, 0.15) is 48.3 Å². The molecule has 0 N–H and O–H groups in total. The van der Waals surface area contributed by atoms with E-state index in [1.807, 2.05) is 11.8 Å². The number of morpholine rings is 1. The molecule has 0 spiro atoms. The van der Waals surface area contributed by atoms with E-state index in [2.05, 4.69) is 14.9 Å². The van der Waals surface area contributed by atoms with Gasteiger partial charge in [-0.2, -0.15) is 0 Å². The molecule has 3 rings (SSSR count). The zero-order valence-corrected chi connectivity index (χ0v) is 17.5. The molecular formula is C21H33N5O3. The first-order chi connectivity index (χ1) is 14.1. The highest BCUT2D eigenvalue weighted by Gasteiger charge is 2.22. The second-order valence-electron chi connectivity index (χ2n) is 7.83. The van der Waals surface area contributed by atoms with Crippen LogP contribution in [0.25, 0.3) is 0 Å². The molecule has 2 saturated heterocycles. The molecular weight excluding hydrogens is 370 g/mol. The molecule has 2 fully saturated rings. The van der Waals surface area contributed by atoms with Crippen LogP contribution in [0, 0.1) is 6.92 Å². The third kappa shape index (κ3) is 6.75. The van der Waals surface area contributed by atoms with Gasteiger partial charge in [-0.1, -0.05) is 0 Å². The summed E-state index contributed by atoms with van der Waals surface area (Å²) in [5.74, 6) is -0.00316. The van der Waals surface area contributed by atoms with E-state index in [0.717, 1.165) is 70.9 Å². The van der Waals surface area contributed by atoms with Crippen LogP contribution in [-0.2, 0) is 9.53 Å². The van der Waals surface area contributed by atoms with Gasteiger partial charge >= 0.3 is 0 Å². The molecule has 29 heavy (non-hydrogen) atoms. The fraction of sp³-hybridized carbons (Fsp3) is 0.714. The van der Waals surface area contributed by atoms with E-state index in [1.165, 1.54) is 12.6 Å². The van der Waals surface area contributed by atoms with Crippen LogP contribution in [0.2, 0.25) is 0 Å². The molecule has 1 aromatic heterocycles. The van der Waals surface area contributed by atoms with Crippen molar-refractivity contribution < 1.29 is 14.3 Å². The van der Waals surface area contributed by atoms with E-state index in [9.17, 15) is 9.59 Å². The summed E-state index contributed by atoms with van der Waals surface area (Å²) in [5.41, 5.74) is 1.12. The Balaban J connectivity index is 1.56. The van der Waals surface area contributed by atoms with Gasteiger partial charge in [-0.25, -0.2) is 4.98 Å². The Bertz CT molecular complexity index is 655. The van der Waals surface area contributed by atoms with Gasteiger partial charge < -0.3 is 14.5 Å². The van der Waals surface area contributed by atoms with Gasteiger partial charge in [0.1, 0.15) is 5.69 Å². The van der Waals surface area contributed by atoms with E-state index in [4.69, 9.17) is 4.74 Å². The number of carbonyl (C=O) groups excluding carboxylic acids is 2. The Labute approximate surface area is 173 Å². The first-order valence-corrected chi connectivity index (χ1v) is 10.8. The van der Waals surface area contributed by atoms with Crippen molar-refractivity contribution in [1.82, 2.24) is 24.7 Å². The topological polar surface area (TPSA) is 78.9 Å². The number of aryl methyl sites for hydroxylation is 1. The molecule has 0 aliphatic carbocycles. The monoisotopic (exact) mass is 403 g/mol. The number of rotatable bonds is 8. The number of hydrogen-bond acceptors (Lipinski definition) is 6. The maximum Gasteiger partial charge on any atom is 0.274 e. The van der Waals surface area contributed by atoms with Gasteiger partial charge in [0.15, 0.2) is 0 Å². The highest BCUT2D eigenvalue weighted by molar-refractivity contribution is 5.92. The van der Waals surface area contributed by atoms with Gasteiger partial charge in [0.2, 0.25) is 5.91 Å². The van der Waals surface area contributed by atoms with E-state index in [1.54, 1.807) is 11.1 Å². The molecule has 0 atom stereocenters. The molecule has 0 radical (unpaired) electrons. The minimum atomic E-state index is -0.147. The predicted octanol–water partition coefficient (Wildman–Crippen LogP) is 1.35. The van der Waals surface area contributed by atoms with Crippen LogP contribution in [0.4, 0.5) is 0 Å². The van der Waals surface area contributed by atoms with Crippen molar-refractivity contribution in [1.29, 1.82) is 0 Å². The molecule has 1 aromatic rings. The zero-order valence-electron chi connectivity index (χ0n) is 17.5. The summed E-state index contributed by atoms with van der Waals surface area (Å²) in [6, 6.07) is 0. The number of aromatic nitrogens is 2. The largest absolute Gasteiger partial charge is 0.379 e. The van der Waals surface area contributed by atoms with Gasteiger partial charge in [-0.05, 0) is 32.6 Å². The summed E-state index contributed by atoms with van der Waals surface area (Å²) in [7, 11) is 0. The quantitative estimate of drug-likeness (QED) is 0.652. The van der Waals surface area contributed by atoms with Crippen molar-refractivity contribution in [2.45, 2.75) is 39.0 Å². The average Bonchev–Trinajstić information content (AvgIpc) is 2.77.